The van der Waals surface area contributed by atoms with Gasteiger partial charge in [0.15, 0.2) is 5.82 Å². The van der Waals surface area contributed by atoms with Gasteiger partial charge in [0.2, 0.25) is 11.1 Å². The highest BCUT2D eigenvalue weighted by Gasteiger charge is 2.16. The highest BCUT2D eigenvalue weighted by Crippen LogP contribution is 2.30. The first kappa shape index (κ1) is 20.3. The zero-order valence-corrected chi connectivity index (χ0v) is 17.1. The van der Waals surface area contributed by atoms with Gasteiger partial charge in [-0.25, -0.2) is 4.68 Å². The number of hydrogen-bond donors (Lipinski definition) is 2. The molecule has 7 nitrogen and oxygen atoms in total. The summed E-state index contributed by atoms with van der Waals surface area (Å²) in [5.74, 6) is 6.13. The number of nitrogen functional groups attached to an aromatic ring is 1. The van der Waals surface area contributed by atoms with Crippen molar-refractivity contribution in [1.82, 2.24) is 14.9 Å². The van der Waals surface area contributed by atoms with Crippen LogP contribution in [0.3, 0.4) is 0 Å². The number of nitrogens with zero attached hydrogens (tertiary/aromatic N) is 4. The molecule has 2 aromatic carbocycles. The van der Waals surface area contributed by atoms with Gasteiger partial charge in [0, 0.05) is 16.3 Å². The van der Waals surface area contributed by atoms with E-state index in [2.05, 4.69) is 15.5 Å². The number of amides is 1. The molecule has 0 spiro atoms. The third kappa shape index (κ3) is 4.51. The molecule has 1 aromatic heterocycles. The van der Waals surface area contributed by atoms with Crippen LogP contribution >= 0.6 is 46.6 Å². The fraction of sp³-hybridized carbons (Fsp3) is 0.0588. The summed E-state index contributed by atoms with van der Waals surface area (Å²) in [5, 5.41) is 21.1. The molecule has 1 heterocycles. The maximum Gasteiger partial charge on any atom is 0.234 e. The lowest BCUT2D eigenvalue weighted by molar-refractivity contribution is -0.113. The molecule has 142 valence electrons. The molecule has 0 aliphatic heterocycles. The number of aromatic nitrogens is 3. The summed E-state index contributed by atoms with van der Waals surface area (Å²) < 4.78 is 1.26. The summed E-state index contributed by atoms with van der Waals surface area (Å²) in [6.07, 6.45) is 0. The second-order valence-electron chi connectivity index (χ2n) is 5.44. The highest BCUT2D eigenvalue weighted by molar-refractivity contribution is 7.99. The van der Waals surface area contributed by atoms with Gasteiger partial charge in [0.05, 0.1) is 21.4 Å². The molecule has 0 unspecified atom stereocenters. The lowest BCUT2D eigenvalue weighted by atomic mass is 10.2. The third-order valence-corrected chi connectivity index (χ3v) is 5.35. The van der Waals surface area contributed by atoms with Crippen LogP contribution in [0.25, 0.3) is 11.4 Å². The van der Waals surface area contributed by atoms with Crippen molar-refractivity contribution >= 4 is 58.2 Å². The first-order chi connectivity index (χ1) is 13.4. The molecule has 0 atom stereocenters. The molecule has 3 N–H and O–H groups in total. The Hall–Kier alpha value is -2.44. The van der Waals surface area contributed by atoms with Crippen molar-refractivity contribution in [3.63, 3.8) is 0 Å². The van der Waals surface area contributed by atoms with Crippen LogP contribution in [0.1, 0.15) is 5.56 Å². The van der Waals surface area contributed by atoms with Crippen molar-refractivity contribution in [1.29, 1.82) is 5.26 Å². The molecule has 0 radical (unpaired) electrons. The summed E-state index contributed by atoms with van der Waals surface area (Å²) >= 11 is 19.1. The first-order valence-electron chi connectivity index (χ1n) is 7.67. The third-order valence-electron chi connectivity index (χ3n) is 3.54. The van der Waals surface area contributed by atoms with Crippen LogP contribution in [0, 0.1) is 11.3 Å². The minimum atomic E-state index is -0.292. The molecule has 0 saturated heterocycles. The molecule has 11 heteroatoms. The number of anilines is 1. The van der Waals surface area contributed by atoms with Crippen LogP contribution in [0.2, 0.25) is 15.1 Å². The van der Waals surface area contributed by atoms with E-state index in [1.54, 1.807) is 24.3 Å². The van der Waals surface area contributed by atoms with Gasteiger partial charge in [-0.2, -0.15) is 5.26 Å². The number of rotatable bonds is 5. The van der Waals surface area contributed by atoms with E-state index in [0.29, 0.717) is 37.8 Å². The summed E-state index contributed by atoms with van der Waals surface area (Å²) in [6.45, 7) is 0. The zero-order chi connectivity index (χ0) is 20.3. The van der Waals surface area contributed by atoms with E-state index >= 15 is 0 Å². The zero-order valence-electron chi connectivity index (χ0n) is 14.0. The quantitative estimate of drug-likeness (QED) is 0.442. The minimum absolute atomic E-state index is 0.0430. The molecule has 28 heavy (non-hydrogen) atoms. The maximum absolute atomic E-state index is 12.2. The minimum Gasteiger partial charge on any atom is -0.335 e. The van der Waals surface area contributed by atoms with E-state index in [4.69, 9.17) is 45.9 Å². The predicted molar refractivity (Wildman–Crippen MR) is 111 cm³/mol. The topological polar surface area (TPSA) is 110 Å². The number of hydrogen-bond acceptors (Lipinski definition) is 6. The van der Waals surface area contributed by atoms with Crippen molar-refractivity contribution in [3.05, 3.63) is 57.0 Å². The van der Waals surface area contributed by atoms with E-state index in [-0.39, 0.29) is 16.7 Å². The van der Waals surface area contributed by atoms with E-state index in [1.165, 1.54) is 16.8 Å². The summed E-state index contributed by atoms with van der Waals surface area (Å²) in [6, 6.07) is 11.5. The van der Waals surface area contributed by atoms with Gasteiger partial charge in [0.25, 0.3) is 0 Å². The number of nitrogens with one attached hydrogen (secondary N) is 1. The average molecular weight is 454 g/mol. The number of carbonyl (C=O) groups excluding carboxylic acids is 1. The highest BCUT2D eigenvalue weighted by atomic mass is 35.5. The maximum atomic E-state index is 12.2. The van der Waals surface area contributed by atoms with Crippen LogP contribution in [0.5, 0.6) is 0 Å². The second-order valence-corrected chi connectivity index (χ2v) is 7.64. The molecule has 1 amide bonds. The summed E-state index contributed by atoms with van der Waals surface area (Å²) in [4.78, 5) is 12.2. The van der Waals surface area contributed by atoms with Crippen LogP contribution in [-0.4, -0.2) is 26.5 Å². The van der Waals surface area contributed by atoms with E-state index in [0.717, 1.165) is 11.8 Å². The SMILES string of the molecule is N#Cc1ccc(NC(=O)CSc2nnc(-c3ccc(Cl)cc3Cl)n2N)cc1Cl. The van der Waals surface area contributed by atoms with Crippen LogP contribution in [-0.2, 0) is 4.79 Å². The number of nitrogens with two attached hydrogens (primary N) is 1. The van der Waals surface area contributed by atoms with E-state index in [1.807, 2.05) is 6.07 Å². The van der Waals surface area contributed by atoms with Crippen molar-refractivity contribution in [3.8, 4) is 17.5 Å². The number of carbonyl (C=O) groups is 1. The van der Waals surface area contributed by atoms with Crippen molar-refractivity contribution in [2.45, 2.75) is 5.16 Å². The molecule has 0 bridgehead atoms. The Morgan fingerprint density at radius 2 is 1.96 bits per heavy atom. The Labute approximate surface area is 179 Å². The predicted octanol–water partition coefficient (Wildman–Crippen LogP) is 4.22. The second kappa shape index (κ2) is 8.71. The molecule has 0 fully saturated rings. The number of thioether (sulfide) groups is 1. The van der Waals surface area contributed by atoms with Gasteiger partial charge in [-0.3, -0.25) is 4.79 Å². The lowest BCUT2D eigenvalue weighted by Crippen LogP contribution is -2.16. The Kier molecular flexibility index (Phi) is 6.31. The fourth-order valence-corrected chi connectivity index (χ4v) is 3.61. The molecule has 0 aliphatic rings. The van der Waals surface area contributed by atoms with Crippen LogP contribution in [0.4, 0.5) is 5.69 Å². The monoisotopic (exact) mass is 452 g/mol. The molecular formula is C17H11Cl3N6OS. The first-order valence-corrected chi connectivity index (χ1v) is 9.79. The fourth-order valence-electron chi connectivity index (χ4n) is 2.24. The normalized spacial score (nSPS) is 10.5. The number of benzene rings is 2. The average Bonchev–Trinajstić information content (AvgIpc) is 3.01. The Morgan fingerprint density at radius 1 is 1.18 bits per heavy atom. The Bertz CT molecular complexity index is 1090. The number of nitriles is 1. The van der Waals surface area contributed by atoms with Gasteiger partial charge in [-0.05, 0) is 36.4 Å². The van der Waals surface area contributed by atoms with Crippen molar-refractivity contribution in [2.24, 2.45) is 0 Å². The van der Waals surface area contributed by atoms with Gasteiger partial charge in [-0.1, -0.05) is 46.6 Å². The van der Waals surface area contributed by atoms with Gasteiger partial charge in [-0.15, -0.1) is 10.2 Å². The standard InChI is InChI=1S/C17H11Cl3N6OS/c18-10-2-4-12(14(20)5-10)16-24-25-17(26(16)22)28-8-15(27)23-11-3-1-9(7-21)13(19)6-11/h1-6H,8,22H2,(H,23,27). The Morgan fingerprint density at radius 3 is 2.64 bits per heavy atom. The van der Waals surface area contributed by atoms with Crippen LogP contribution < -0.4 is 11.2 Å². The van der Waals surface area contributed by atoms with Crippen LogP contribution in [0.15, 0.2) is 41.6 Å². The molecule has 0 saturated carbocycles. The number of halogens is 3. The largest absolute Gasteiger partial charge is 0.335 e. The molecule has 3 aromatic rings. The van der Waals surface area contributed by atoms with Gasteiger partial charge < -0.3 is 11.2 Å². The summed E-state index contributed by atoms with van der Waals surface area (Å²) in [7, 11) is 0. The van der Waals surface area contributed by atoms with Gasteiger partial charge in [0.1, 0.15) is 6.07 Å². The van der Waals surface area contributed by atoms with Crippen molar-refractivity contribution < 1.29 is 4.79 Å². The molecule has 3 rings (SSSR count). The molecular weight excluding hydrogens is 443 g/mol. The smallest absolute Gasteiger partial charge is 0.234 e. The van der Waals surface area contributed by atoms with Crippen molar-refractivity contribution in [2.75, 3.05) is 16.9 Å². The van der Waals surface area contributed by atoms with E-state index in [9.17, 15) is 4.79 Å². The molecule has 0 aliphatic carbocycles. The van der Waals surface area contributed by atoms with E-state index < -0.39 is 0 Å². The Balaban J connectivity index is 1.67. The van der Waals surface area contributed by atoms with Gasteiger partial charge >= 0.3 is 0 Å². The summed E-state index contributed by atoms with van der Waals surface area (Å²) in [5.41, 5.74) is 1.39. The lowest BCUT2D eigenvalue weighted by Gasteiger charge is -2.07.